The molecule has 160 valence electrons. The first-order valence-corrected chi connectivity index (χ1v) is 12.2. The number of hydrogen-bond acceptors (Lipinski definition) is 6. The lowest BCUT2D eigenvalue weighted by molar-refractivity contribution is 0.321. The molecular formula is C21H27N5O2S2. The second-order valence-electron chi connectivity index (χ2n) is 8.08. The summed E-state index contributed by atoms with van der Waals surface area (Å²) in [5.41, 5.74) is 1.71. The highest BCUT2D eigenvalue weighted by molar-refractivity contribution is 7.99. The predicted octanol–water partition coefficient (Wildman–Crippen LogP) is 3.94. The number of thioether (sulfide) groups is 1. The topological polar surface area (TPSA) is 89.8 Å². The van der Waals surface area contributed by atoms with Gasteiger partial charge in [-0.3, -0.25) is 0 Å². The smallest absolute Gasteiger partial charge is 0.215 e. The van der Waals surface area contributed by atoms with E-state index in [1.54, 1.807) is 28.9 Å². The first kappa shape index (κ1) is 22.5. The molecule has 7 nitrogen and oxygen atoms in total. The molecule has 0 aliphatic carbocycles. The Labute approximate surface area is 182 Å². The molecule has 0 aliphatic heterocycles. The average Bonchev–Trinajstić information content (AvgIpc) is 3.17. The van der Waals surface area contributed by atoms with E-state index in [9.17, 15) is 8.42 Å². The van der Waals surface area contributed by atoms with E-state index in [-0.39, 0.29) is 16.5 Å². The molecule has 1 unspecified atom stereocenters. The summed E-state index contributed by atoms with van der Waals surface area (Å²) in [4.78, 5) is 0.262. The minimum absolute atomic E-state index is 0.225. The third kappa shape index (κ3) is 5.68. The van der Waals surface area contributed by atoms with E-state index in [1.807, 2.05) is 58.0 Å². The van der Waals surface area contributed by atoms with Crippen molar-refractivity contribution in [1.29, 1.82) is 0 Å². The Morgan fingerprint density at radius 3 is 2.37 bits per heavy atom. The van der Waals surface area contributed by atoms with Crippen LogP contribution >= 0.6 is 11.8 Å². The maximum absolute atomic E-state index is 13.0. The molecule has 0 saturated heterocycles. The largest absolute Gasteiger partial charge is 0.241 e. The Morgan fingerprint density at radius 2 is 1.73 bits per heavy atom. The van der Waals surface area contributed by atoms with Crippen molar-refractivity contribution in [3.05, 3.63) is 65.7 Å². The third-order valence-corrected chi connectivity index (χ3v) is 6.98. The van der Waals surface area contributed by atoms with Gasteiger partial charge in [-0.2, -0.15) is 0 Å². The molecule has 9 heteroatoms. The Bertz CT molecular complexity index is 1060. The van der Waals surface area contributed by atoms with Crippen molar-refractivity contribution in [2.24, 2.45) is 0 Å². The summed E-state index contributed by atoms with van der Waals surface area (Å²) in [5, 5.41) is 12.7. The summed E-state index contributed by atoms with van der Waals surface area (Å²) >= 11 is 1.52. The zero-order valence-corrected chi connectivity index (χ0v) is 19.2. The second kappa shape index (κ2) is 9.28. The number of nitrogens with one attached hydrogen (secondary N) is 1. The Kier molecular flexibility index (Phi) is 6.95. The highest BCUT2D eigenvalue weighted by atomic mass is 32.2. The van der Waals surface area contributed by atoms with Gasteiger partial charge in [0.25, 0.3) is 0 Å². The molecule has 1 atom stereocenters. The lowest BCUT2D eigenvalue weighted by atomic mass is 10.1. The molecule has 3 rings (SSSR count). The van der Waals surface area contributed by atoms with Crippen molar-refractivity contribution in [3.63, 3.8) is 0 Å². The van der Waals surface area contributed by atoms with Gasteiger partial charge in [0.15, 0.2) is 0 Å². The third-order valence-electron chi connectivity index (χ3n) is 4.54. The molecule has 1 heterocycles. The fourth-order valence-corrected chi connectivity index (χ4v) is 5.23. The highest BCUT2D eigenvalue weighted by Crippen LogP contribution is 2.26. The molecule has 1 aromatic heterocycles. The maximum Gasteiger partial charge on any atom is 0.241 e. The molecule has 1 N–H and O–H groups in total. The van der Waals surface area contributed by atoms with Crippen LogP contribution in [0.4, 0.5) is 0 Å². The molecule has 3 aromatic rings. The molecule has 0 fully saturated rings. The van der Waals surface area contributed by atoms with Crippen LogP contribution in [-0.2, 0) is 15.6 Å². The van der Waals surface area contributed by atoms with Crippen molar-refractivity contribution in [2.75, 3.05) is 5.75 Å². The first-order valence-electron chi connectivity index (χ1n) is 9.72. The Balaban J connectivity index is 1.76. The van der Waals surface area contributed by atoms with Gasteiger partial charge in [0.05, 0.1) is 10.4 Å². The minimum Gasteiger partial charge on any atom is -0.215 e. The molecule has 30 heavy (non-hydrogen) atoms. The Morgan fingerprint density at radius 1 is 1.07 bits per heavy atom. The van der Waals surface area contributed by atoms with E-state index < -0.39 is 10.0 Å². The van der Waals surface area contributed by atoms with E-state index in [0.29, 0.717) is 12.2 Å². The van der Waals surface area contributed by atoms with Gasteiger partial charge in [0.1, 0.15) is 0 Å². The summed E-state index contributed by atoms with van der Waals surface area (Å²) in [7, 11) is -3.64. The highest BCUT2D eigenvalue weighted by Gasteiger charge is 2.23. The maximum atomic E-state index is 13.0. The van der Waals surface area contributed by atoms with Gasteiger partial charge >= 0.3 is 0 Å². The SMILES string of the molecule is Cc1ccc(S(=O)(=O)NC(CCSc2nnnn2C(C)(C)C)c2ccccc2)cc1. The Hall–Kier alpha value is -2.23. The van der Waals surface area contributed by atoms with Gasteiger partial charge < -0.3 is 0 Å². The number of aryl methyl sites for hydroxylation is 1. The number of hydrogen-bond donors (Lipinski definition) is 1. The van der Waals surface area contributed by atoms with E-state index >= 15 is 0 Å². The van der Waals surface area contributed by atoms with Crippen LogP contribution < -0.4 is 4.72 Å². The molecule has 0 bridgehead atoms. The van der Waals surface area contributed by atoms with Crippen LogP contribution in [0.3, 0.4) is 0 Å². The van der Waals surface area contributed by atoms with Crippen molar-refractivity contribution >= 4 is 21.8 Å². The van der Waals surface area contributed by atoms with Gasteiger partial charge in [-0.25, -0.2) is 17.8 Å². The normalized spacial score (nSPS) is 13.3. The van der Waals surface area contributed by atoms with Crippen molar-refractivity contribution in [2.45, 2.75) is 55.7 Å². The fourth-order valence-electron chi connectivity index (χ4n) is 2.91. The van der Waals surface area contributed by atoms with Crippen molar-refractivity contribution in [3.8, 4) is 0 Å². The van der Waals surface area contributed by atoms with Crippen LogP contribution in [0, 0.1) is 6.92 Å². The molecule has 0 radical (unpaired) electrons. The van der Waals surface area contributed by atoms with Gasteiger partial charge in [-0.05, 0) is 62.2 Å². The van der Waals surface area contributed by atoms with E-state index in [1.165, 1.54) is 11.8 Å². The molecule has 0 spiro atoms. The monoisotopic (exact) mass is 445 g/mol. The van der Waals surface area contributed by atoms with Crippen LogP contribution in [0.1, 0.15) is 44.4 Å². The van der Waals surface area contributed by atoms with Crippen molar-refractivity contribution in [1.82, 2.24) is 24.9 Å². The van der Waals surface area contributed by atoms with Gasteiger partial charge in [0, 0.05) is 11.8 Å². The number of aromatic nitrogens is 4. The summed E-state index contributed by atoms with van der Waals surface area (Å²) in [5.74, 6) is 0.659. The van der Waals surface area contributed by atoms with Crippen LogP contribution in [0.15, 0.2) is 64.6 Å². The number of sulfonamides is 1. The minimum atomic E-state index is -3.64. The van der Waals surface area contributed by atoms with E-state index in [0.717, 1.165) is 16.3 Å². The zero-order chi connectivity index (χ0) is 21.8. The number of nitrogens with zero attached hydrogens (tertiary/aromatic N) is 4. The summed E-state index contributed by atoms with van der Waals surface area (Å²) in [6.45, 7) is 8.04. The molecule has 0 saturated carbocycles. The van der Waals surface area contributed by atoms with E-state index in [4.69, 9.17) is 0 Å². The zero-order valence-electron chi connectivity index (χ0n) is 17.6. The summed E-state index contributed by atoms with van der Waals surface area (Å²) in [6, 6.07) is 16.1. The molecule has 0 amide bonds. The van der Waals surface area contributed by atoms with Crippen LogP contribution in [-0.4, -0.2) is 34.4 Å². The fraction of sp³-hybridized carbons (Fsp3) is 0.381. The summed E-state index contributed by atoms with van der Waals surface area (Å²) < 4.78 is 30.6. The van der Waals surface area contributed by atoms with Gasteiger partial charge in [0.2, 0.25) is 15.2 Å². The lowest BCUT2D eigenvalue weighted by Gasteiger charge is -2.21. The van der Waals surface area contributed by atoms with Crippen LogP contribution in [0.2, 0.25) is 0 Å². The number of tetrazole rings is 1. The lowest BCUT2D eigenvalue weighted by Crippen LogP contribution is -2.29. The second-order valence-corrected chi connectivity index (χ2v) is 10.9. The van der Waals surface area contributed by atoms with E-state index in [2.05, 4.69) is 20.2 Å². The molecule has 2 aromatic carbocycles. The quantitative estimate of drug-likeness (QED) is 0.528. The van der Waals surface area contributed by atoms with Crippen LogP contribution in [0.25, 0.3) is 0 Å². The summed E-state index contributed by atoms with van der Waals surface area (Å²) in [6.07, 6.45) is 0.594. The molecule has 0 aliphatic rings. The first-order chi connectivity index (χ1) is 14.2. The van der Waals surface area contributed by atoms with Crippen molar-refractivity contribution < 1.29 is 8.42 Å². The standard InChI is InChI=1S/C21H27N5O2S2/c1-16-10-12-18(13-11-16)30(27,28)23-19(17-8-6-5-7-9-17)14-15-29-20-22-24-25-26(20)21(2,3)4/h5-13,19,23H,14-15H2,1-4H3. The molecular weight excluding hydrogens is 418 g/mol. The van der Waals surface area contributed by atoms with Crippen LogP contribution in [0.5, 0.6) is 0 Å². The number of benzene rings is 2. The number of rotatable bonds is 8. The van der Waals surface area contributed by atoms with Gasteiger partial charge in [-0.1, -0.05) is 59.8 Å². The predicted molar refractivity (Wildman–Crippen MR) is 119 cm³/mol. The van der Waals surface area contributed by atoms with Gasteiger partial charge in [-0.15, -0.1) is 5.10 Å². The average molecular weight is 446 g/mol.